The molecule has 6 aromatic carbocycles. The Hall–Kier alpha value is -6.85. The number of nitrogens with zero attached hydrogens (tertiary/aromatic N) is 5. The van der Waals surface area contributed by atoms with Crippen LogP contribution in [0.2, 0.25) is 0 Å². The summed E-state index contributed by atoms with van der Waals surface area (Å²) >= 11 is 0. The highest BCUT2D eigenvalue weighted by molar-refractivity contribution is 6.04. The Bertz CT molecular complexity index is 2720. The molecule has 0 saturated heterocycles. The zero-order valence-electron chi connectivity index (χ0n) is 28.8. The lowest BCUT2D eigenvalue weighted by atomic mass is 9.99. The van der Waals surface area contributed by atoms with Crippen molar-refractivity contribution in [3.8, 4) is 67.7 Å². The summed E-state index contributed by atoms with van der Waals surface area (Å²) in [6, 6.07) is 56.5. The Morgan fingerprint density at radius 2 is 0.827 bits per heavy atom. The minimum atomic E-state index is 0.626. The second-order valence-electron chi connectivity index (χ2n) is 13.1. The summed E-state index contributed by atoms with van der Waals surface area (Å²) in [7, 11) is 0. The van der Waals surface area contributed by atoms with Crippen molar-refractivity contribution >= 4 is 21.8 Å². The Morgan fingerprint density at radius 3 is 1.52 bits per heavy atom. The molecule has 3 aromatic heterocycles. The molecule has 5 nitrogen and oxygen atoms in total. The molecule has 0 radical (unpaired) electrons. The van der Waals surface area contributed by atoms with Crippen LogP contribution < -0.4 is 0 Å². The van der Waals surface area contributed by atoms with Crippen LogP contribution in [0.15, 0.2) is 164 Å². The summed E-state index contributed by atoms with van der Waals surface area (Å²) in [6.07, 6.45) is 0. The molecule has 0 bridgehead atoms. The van der Waals surface area contributed by atoms with E-state index in [2.05, 4.69) is 128 Å². The van der Waals surface area contributed by atoms with Crippen molar-refractivity contribution in [1.29, 1.82) is 0 Å². The first-order valence-electron chi connectivity index (χ1n) is 17.4. The van der Waals surface area contributed by atoms with E-state index in [1.165, 1.54) is 11.1 Å². The van der Waals surface area contributed by atoms with Gasteiger partial charge in [-0.25, -0.2) is 19.9 Å². The fourth-order valence-corrected chi connectivity index (χ4v) is 6.75. The van der Waals surface area contributed by atoms with E-state index in [0.29, 0.717) is 17.5 Å². The van der Waals surface area contributed by atoms with Crippen LogP contribution in [0.5, 0.6) is 0 Å². The average Bonchev–Trinajstić information content (AvgIpc) is 3.21. The third kappa shape index (κ3) is 5.99. The molecule has 0 aliphatic rings. The standard InChI is InChI=1S/C47H33N5/c1-30-28-42(49-44-41(30)27-26-36-17-16-31(2)48-43(36)44)35-22-18-34(19-23-35)39-14-9-15-40(29-39)47-51-45(37-12-7-4-8-13-37)50-46(52-47)38-24-20-33(21-25-38)32-10-5-3-6-11-32/h3-29H,1-2H3. The van der Waals surface area contributed by atoms with Crippen molar-refractivity contribution in [3.63, 3.8) is 0 Å². The maximum atomic E-state index is 5.13. The second-order valence-corrected chi connectivity index (χ2v) is 13.1. The van der Waals surface area contributed by atoms with Crippen molar-refractivity contribution in [2.24, 2.45) is 0 Å². The van der Waals surface area contributed by atoms with Crippen LogP contribution in [0.1, 0.15) is 11.3 Å². The SMILES string of the molecule is Cc1ccc2ccc3c(C)cc(-c4ccc(-c5cccc(-c6nc(-c7ccccc7)nc(-c7ccc(-c8ccccc8)cc7)n6)c5)cc4)nc3c2n1. The number of pyridine rings is 2. The maximum absolute atomic E-state index is 5.13. The van der Waals surface area contributed by atoms with Crippen molar-refractivity contribution in [2.45, 2.75) is 13.8 Å². The van der Waals surface area contributed by atoms with E-state index in [1.807, 2.05) is 49.4 Å². The molecule has 0 amide bonds. The van der Waals surface area contributed by atoms with Crippen molar-refractivity contribution in [2.75, 3.05) is 0 Å². The Morgan fingerprint density at radius 1 is 0.327 bits per heavy atom. The van der Waals surface area contributed by atoms with Crippen molar-refractivity contribution in [3.05, 3.63) is 175 Å². The molecule has 9 rings (SSSR count). The summed E-state index contributed by atoms with van der Waals surface area (Å²) in [5, 5.41) is 2.23. The zero-order chi connectivity index (χ0) is 35.0. The number of aryl methyl sites for hydroxylation is 2. The van der Waals surface area contributed by atoms with E-state index in [-0.39, 0.29) is 0 Å². The Labute approximate surface area is 302 Å². The lowest BCUT2D eigenvalue weighted by molar-refractivity contribution is 1.07. The third-order valence-corrected chi connectivity index (χ3v) is 9.54. The third-order valence-electron chi connectivity index (χ3n) is 9.54. The summed E-state index contributed by atoms with van der Waals surface area (Å²) in [6.45, 7) is 4.17. The van der Waals surface area contributed by atoms with E-state index in [4.69, 9.17) is 24.9 Å². The first kappa shape index (κ1) is 31.2. The molecular weight excluding hydrogens is 635 g/mol. The number of hydrogen-bond acceptors (Lipinski definition) is 5. The monoisotopic (exact) mass is 667 g/mol. The second kappa shape index (κ2) is 13.1. The zero-order valence-corrected chi connectivity index (χ0v) is 28.8. The largest absolute Gasteiger partial charge is 0.251 e. The predicted octanol–water partition coefficient (Wildman–Crippen LogP) is 11.6. The molecule has 0 spiro atoms. The number of benzene rings is 6. The van der Waals surface area contributed by atoms with Crippen LogP contribution in [-0.4, -0.2) is 24.9 Å². The summed E-state index contributed by atoms with van der Waals surface area (Å²) in [5.74, 6) is 1.90. The lowest BCUT2D eigenvalue weighted by Gasteiger charge is -2.11. The van der Waals surface area contributed by atoms with E-state index in [1.54, 1.807) is 0 Å². The molecule has 246 valence electrons. The van der Waals surface area contributed by atoms with Crippen LogP contribution >= 0.6 is 0 Å². The molecule has 0 saturated carbocycles. The highest BCUT2D eigenvalue weighted by Crippen LogP contribution is 2.32. The van der Waals surface area contributed by atoms with Gasteiger partial charge in [0.05, 0.1) is 16.7 Å². The topological polar surface area (TPSA) is 64.5 Å². The molecular formula is C47H33N5. The average molecular weight is 668 g/mol. The van der Waals surface area contributed by atoms with Gasteiger partial charge in [-0.05, 0) is 59.9 Å². The van der Waals surface area contributed by atoms with Crippen LogP contribution in [0, 0.1) is 13.8 Å². The molecule has 5 heteroatoms. The fourth-order valence-electron chi connectivity index (χ4n) is 6.75. The van der Waals surface area contributed by atoms with Gasteiger partial charge in [-0.1, -0.05) is 146 Å². The highest BCUT2D eigenvalue weighted by atomic mass is 15.0. The molecule has 0 aliphatic heterocycles. The van der Waals surface area contributed by atoms with Gasteiger partial charge < -0.3 is 0 Å². The van der Waals surface area contributed by atoms with Gasteiger partial charge >= 0.3 is 0 Å². The van der Waals surface area contributed by atoms with Crippen LogP contribution in [-0.2, 0) is 0 Å². The smallest absolute Gasteiger partial charge is 0.164 e. The van der Waals surface area contributed by atoms with Crippen LogP contribution in [0.3, 0.4) is 0 Å². The van der Waals surface area contributed by atoms with E-state index >= 15 is 0 Å². The molecule has 0 unspecified atom stereocenters. The first-order chi connectivity index (χ1) is 25.6. The lowest BCUT2D eigenvalue weighted by Crippen LogP contribution is -2.00. The molecule has 9 aromatic rings. The molecule has 3 heterocycles. The first-order valence-corrected chi connectivity index (χ1v) is 17.4. The minimum Gasteiger partial charge on any atom is -0.251 e. The summed E-state index contributed by atoms with van der Waals surface area (Å²) in [5.41, 5.74) is 13.3. The predicted molar refractivity (Wildman–Crippen MR) is 213 cm³/mol. The molecule has 52 heavy (non-hydrogen) atoms. The van der Waals surface area contributed by atoms with Gasteiger partial charge in [-0.2, -0.15) is 0 Å². The normalized spacial score (nSPS) is 11.3. The number of rotatable bonds is 6. The number of fused-ring (bicyclic) bond motifs is 3. The molecule has 0 aliphatic carbocycles. The Balaban J connectivity index is 1.07. The summed E-state index contributed by atoms with van der Waals surface area (Å²) in [4.78, 5) is 24.9. The van der Waals surface area contributed by atoms with E-state index in [9.17, 15) is 0 Å². The van der Waals surface area contributed by atoms with Crippen molar-refractivity contribution < 1.29 is 0 Å². The van der Waals surface area contributed by atoms with E-state index in [0.717, 1.165) is 72.1 Å². The van der Waals surface area contributed by atoms with Crippen LogP contribution in [0.25, 0.3) is 89.5 Å². The van der Waals surface area contributed by atoms with Crippen LogP contribution in [0.4, 0.5) is 0 Å². The quantitative estimate of drug-likeness (QED) is 0.165. The summed E-state index contributed by atoms with van der Waals surface area (Å²) < 4.78 is 0. The van der Waals surface area contributed by atoms with Gasteiger partial charge in [0.25, 0.3) is 0 Å². The van der Waals surface area contributed by atoms with Gasteiger partial charge in [0, 0.05) is 38.7 Å². The van der Waals surface area contributed by atoms with E-state index < -0.39 is 0 Å². The maximum Gasteiger partial charge on any atom is 0.164 e. The van der Waals surface area contributed by atoms with Gasteiger partial charge in [0.15, 0.2) is 17.5 Å². The Kier molecular flexibility index (Phi) is 7.86. The molecule has 0 fully saturated rings. The van der Waals surface area contributed by atoms with Gasteiger partial charge in [0.2, 0.25) is 0 Å². The van der Waals surface area contributed by atoms with Gasteiger partial charge in [-0.3, -0.25) is 4.98 Å². The molecule has 0 N–H and O–H groups in total. The molecule has 0 atom stereocenters. The fraction of sp³-hybridized carbons (Fsp3) is 0.0426. The van der Waals surface area contributed by atoms with Gasteiger partial charge in [0.1, 0.15) is 0 Å². The number of hydrogen-bond donors (Lipinski definition) is 0. The van der Waals surface area contributed by atoms with Crippen molar-refractivity contribution in [1.82, 2.24) is 24.9 Å². The highest BCUT2D eigenvalue weighted by Gasteiger charge is 2.14. The number of aromatic nitrogens is 5. The van der Waals surface area contributed by atoms with Gasteiger partial charge in [-0.15, -0.1) is 0 Å². The minimum absolute atomic E-state index is 0.626.